The van der Waals surface area contributed by atoms with E-state index in [0.29, 0.717) is 0 Å². The number of quaternary nitrogens is 1. The molecule has 0 radical (unpaired) electrons. The van der Waals surface area contributed by atoms with E-state index in [2.05, 4.69) is 4.98 Å². The number of hydrogen-bond acceptors (Lipinski definition) is 3. The number of carbonyl (C=O) groups is 1. The molecular formula is C6H6N2O2. The molecule has 0 fully saturated rings. The van der Waals surface area contributed by atoms with Crippen LogP contribution in [0.15, 0.2) is 24.4 Å². The van der Waals surface area contributed by atoms with Crippen molar-refractivity contribution >= 4 is 5.91 Å². The quantitative estimate of drug-likeness (QED) is 0.521. The van der Waals surface area contributed by atoms with Crippen LogP contribution in [0.2, 0.25) is 0 Å². The van der Waals surface area contributed by atoms with Gasteiger partial charge in [-0.05, 0) is 12.1 Å². The maximum Gasteiger partial charge on any atom is 0.361 e. The van der Waals surface area contributed by atoms with Crippen LogP contribution in [0.3, 0.4) is 0 Å². The van der Waals surface area contributed by atoms with Crippen molar-refractivity contribution in [1.82, 2.24) is 4.98 Å². The summed E-state index contributed by atoms with van der Waals surface area (Å²) in [7, 11) is 0. The predicted octanol–water partition coefficient (Wildman–Crippen LogP) is -0.717. The van der Waals surface area contributed by atoms with Crippen LogP contribution in [-0.2, 0) is 0 Å². The third kappa shape index (κ3) is 1.37. The minimum absolute atomic E-state index is 0.192. The van der Waals surface area contributed by atoms with Gasteiger partial charge < -0.3 is 10.7 Å². The lowest BCUT2D eigenvalue weighted by Gasteiger charge is -1.96. The molecule has 1 amide bonds. The van der Waals surface area contributed by atoms with Gasteiger partial charge in [0.25, 0.3) is 0 Å². The van der Waals surface area contributed by atoms with E-state index < -0.39 is 5.91 Å². The first-order valence-corrected chi connectivity index (χ1v) is 2.75. The molecule has 0 atom stereocenters. The average Bonchev–Trinajstić information content (AvgIpc) is 2.05. The fraction of sp³-hybridized carbons (Fsp3) is 0. The highest BCUT2D eigenvalue weighted by Gasteiger charge is 2.03. The van der Waals surface area contributed by atoms with E-state index in [4.69, 9.17) is 0 Å². The van der Waals surface area contributed by atoms with Crippen LogP contribution < -0.4 is 5.48 Å². The lowest BCUT2D eigenvalue weighted by Crippen LogP contribution is -2.81. The van der Waals surface area contributed by atoms with Crippen LogP contribution in [-0.4, -0.2) is 10.9 Å². The number of amides is 1. The van der Waals surface area contributed by atoms with Gasteiger partial charge in [0.2, 0.25) is 0 Å². The van der Waals surface area contributed by atoms with Gasteiger partial charge in [0.1, 0.15) is 0 Å². The molecule has 0 spiro atoms. The van der Waals surface area contributed by atoms with E-state index in [9.17, 15) is 10.0 Å². The van der Waals surface area contributed by atoms with Gasteiger partial charge in [0, 0.05) is 6.20 Å². The fourth-order valence-electron chi connectivity index (χ4n) is 0.569. The summed E-state index contributed by atoms with van der Waals surface area (Å²) in [6, 6.07) is 4.84. The van der Waals surface area contributed by atoms with Crippen LogP contribution in [0, 0.1) is 5.21 Å². The van der Waals surface area contributed by atoms with Crippen molar-refractivity contribution in [2.45, 2.75) is 0 Å². The SMILES string of the molecule is O=C([NH2+][O-])c1ccccn1. The summed E-state index contributed by atoms with van der Waals surface area (Å²) in [6.07, 6.45) is 1.47. The van der Waals surface area contributed by atoms with Gasteiger partial charge in [0.05, 0.1) is 0 Å². The summed E-state index contributed by atoms with van der Waals surface area (Å²) in [5.41, 5.74) is 0.444. The van der Waals surface area contributed by atoms with E-state index in [1.165, 1.54) is 12.3 Å². The number of aromatic nitrogens is 1. The largest absolute Gasteiger partial charge is 0.628 e. The Labute approximate surface area is 57.5 Å². The molecule has 0 aromatic carbocycles. The predicted molar refractivity (Wildman–Crippen MR) is 33.9 cm³/mol. The van der Waals surface area contributed by atoms with Gasteiger partial charge in [-0.2, -0.15) is 0 Å². The van der Waals surface area contributed by atoms with Crippen molar-refractivity contribution in [3.63, 3.8) is 0 Å². The Morgan fingerprint density at radius 2 is 2.40 bits per heavy atom. The standard InChI is InChI=1S/C6H6N2O2/c9-6(8-10)5-3-1-2-4-7-5/h1-4H,8H2. The van der Waals surface area contributed by atoms with Gasteiger partial charge in [-0.3, -0.25) is 0 Å². The minimum Gasteiger partial charge on any atom is -0.628 e. The average molecular weight is 138 g/mol. The molecule has 0 bridgehead atoms. The zero-order valence-corrected chi connectivity index (χ0v) is 5.15. The monoisotopic (exact) mass is 138 g/mol. The van der Waals surface area contributed by atoms with Crippen molar-refractivity contribution in [2.75, 3.05) is 0 Å². The second-order valence-corrected chi connectivity index (χ2v) is 1.70. The number of nitrogens with two attached hydrogens (primary N) is 1. The van der Waals surface area contributed by atoms with E-state index in [1.807, 2.05) is 0 Å². The van der Waals surface area contributed by atoms with Crippen molar-refractivity contribution < 1.29 is 10.3 Å². The fourth-order valence-corrected chi connectivity index (χ4v) is 0.569. The van der Waals surface area contributed by atoms with Crippen molar-refractivity contribution in [3.05, 3.63) is 35.3 Å². The summed E-state index contributed by atoms with van der Waals surface area (Å²) in [5.74, 6) is -0.583. The molecule has 2 N–H and O–H groups in total. The molecule has 0 unspecified atom stereocenters. The summed E-state index contributed by atoms with van der Waals surface area (Å²) >= 11 is 0. The third-order valence-electron chi connectivity index (χ3n) is 1.02. The first-order chi connectivity index (χ1) is 4.84. The number of hydrogen-bond donors (Lipinski definition) is 1. The number of rotatable bonds is 1. The summed E-state index contributed by atoms with van der Waals surface area (Å²) in [5, 5.41) is 9.92. The summed E-state index contributed by atoms with van der Waals surface area (Å²) in [6.45, 7) is 0. The molecule has 1 heterocycles. The van der Waals surface area contributed by atoms with Gasteiger partial charge in [-0.25, -0.2) is 9.78 Å². The molecular weight excluding hydrogens is 132 g/mol. The lowest BCUT2D eigenvalue weighted by atomic mass is 10.3. The smallest absolute Gasteiger partial charge is 0.361 e. The Bertz CT molecular complexity index is 222. The van der Waals surface area contributed by atoms with Crippen LogP contribution in [0.4, 0.5) is 0 Å². The second-order valence-electron chi connectivity index (χ2n) is 1.70. The highest BCUT2D eigenvalue weighted by molar-refractivity contribution is 5.83. The van der Waals surface area contributed by atoms with E-state index in [0.717, 1.165) is 0 Å². The molecule has 0 aliphatic carbocycles. The Kier molecular flexibility index (Phi) is 2.09. The van der Waals surface area contributed by atoms with Crippen molar-refractivity contribution in [2.24, 2.45) is 0 Å². The van der Waals surface area contributed by atoms with Crippen LogP contribution in [0.25, 0.3) is 0 Å². The molecule has 0 saturated carbocycles. The van der Waals surface area contributed by atoms with E-state index in [1.54, 1.807) is 12.1 Å². The van der Waals surface area contributed by atoms with Gasteiger partial charge in [-0.1, -0.05) is 6.07 Å². The lowest BCUT2D eigenvalue weighted by molar-refractivity contribution is -0.482. The first kappa shape index (κ1) is 6.85. The molecule has 1 aromatic rings. The molecule has 0 aliphatic heterocycles. The van der Waals surface area contributed by atoms with Gasteiger partial charge in [0.15, 0.2) is 5.69 Å². The second kappa shape index (κ2) is 3.05. The molecule has 4 heteroatoms. The Morgan fingerprint density at radius 1 is 1.60 bits per heavy atom. The highest BCUT2D eigenvalue weighted by atomic mass is 16.5. The molecule has 52 valence electrons. The van der Waals surface area contributed by atoms with E-state index in [-0.39, 0.29) is 11.2 Å². The van der Waals surface area contributed by atoms with Crippen LogP contribution >= 0.6 is 0 Å². The number of carbonyl (C=O) groups excluding carboxylic acids is 1. The van der Waals surface area contributed by atoms with Crippen molar-refractivity contribution in [3.8, 4) is 0 Å². The molecule has 0 saturated heterocycles. The molecule has 4 nitrogen and oxygen atoms in total. The number of pyridine rings is 1. The maximum absolute atomic E-state index is 10.6. The topological polar surface area (TPSA) is 69.6 Å². The first-order valence-electron chi connectivity index (χ1n) is 2.75. The van der Waals surface area contributed by atoms with Crippen LogP contribution in [0.5, 0.6) is 0 Å². The molecule has 1 aromatic heterocycles. The van der Waals surface area contributed by atoms with Crippen LogP contribution in [0.1, 0.15) is 10.5 Å². The molecule has 0 aliphatic rings. The third-order valence-corrected chi connectivity index (χ3v) is 1.02. The minimum atomic E-state index is -0.583. The Hall–Kier alpha value is -1.26. The van der Waals surface area contributed by atoms with Gasteiger partial charge in [-0.15, -0.1) is 0 Å². The summed E-state index contributed by atoms with van der Waals surface area (Å²) in [4.78, 5) is 14.3. The molecule has 1 rings (SSSR count). The van der Waals surface area contributed by atoms with E-state index >= 15 is 0 Å². The number of hydroxylamine groups is 1. The molecule has 10 heavy (non-hydrogen) atoms. The zero-order valence-electron chi connectivity index (χ0n) is 5.15. The van der Waals surface area contributed by atoms with Crippen molar-refractivity contribution in [1.29, 1.82) is 0 Å². The highest BCUT2D eigenvalue weighted by Crippen LogP contribution is 1.88. The summed E-state index contributed by atoms with van der Waals surface area (Å²) < 4.78 is 0. The Morgan fingerprint density at radius 3 is 2.90 bits per heavy atom. The van der Waals surface area contributed by atoms with Gasteiger partial charge >= 0.3 is 5.91 Å². The Balaban J connectivity index is 2.85. The normalized spacial score (nSPS) is 9.30. The number of primary amides is 1. The zero-order chi connectivity index (χ0) is 7.40. The maximum atomic E-state index is 10.6. The number of nitrogens with zero attached hydrogens (tertiary/aromatic N) is 1.